The molecule has 30 heterocycles. The molecule has 30 fully saturated rings. The SMILES string of the molecule is OCCNC[C@H]1O[C@@H]2O[C@H]3[C@H](O)[C@@H](O)[C@@H](O[C@H]4[C@H](O)[C@@H](O)[C@@H](O[C@H]5[C@H](O)[C@@H](O)[C@@H](O[C@H]6[C@H](O)[C@@H](O)[C@@H](O[C@H]7[C@H](O)[C@@H](O)[C@@H](O[C@H]8[C@H](O)[C@@H](O)[C@@H](O[C@H]9[C@H](O)[C@@H](O)[C@@H](O[C@H]1[C@H](O)[C@H]2O)O[C@@H]9CNCCO)O[C@@H]8CNCCO)O[C@@H]7CNCCO)O[C@@H]6CNCCO)O[C@@H]5CNCCO)O[C@@H]4CNCCO)O[C@@H]3CNCCO. The van der Waals surface area contributed by atoms with Gasteiger partial charge in [0.15, 0.2) is 50.3 Å². The summed E-state index contributed by atoms with van der Waals surface area (Å²) in [6.45, 7) is -7.26. The Bertz CT molecular complexity index is 2120. The first-order valence-corrected chi connectivity index (χ1v) is 37.8. The number of rotatable bonds is 32. The largest absolute Gasteiger partial charge is 0.395 e. The van der Waals surface area contributed by atoms with E-state index in [1.807, 2.05) is 0 Å². The van der Waals surface area contributed by atoms with Crippen LogP contribution in [0.2, 0.25) is 0 Å². The number of hydrogen-bond acceptors (Lipinski definition) is 48. The zero-order chi connectivity index (χ0) is 81.0. The molecule has 32 N–H and O–H groups in total. The Morgan fingerprint density at radius 1 is 0.143 bits per heavy atom. The second kappa shape index (κ2) is 46.2. The Balaban J connectivity index is 1.07. The third-order valence-electron chi connectivity index (χ3n) is 20.5. The molecule has 40 atom stereocenters. The Kier molecular flexibility index (Phi) is 38.7. The quantitative estimate of drug-likeness (QED) is 0.0278. The minimum Gasteiger partial charge on any atom is -0.395 e. The van der Waals surface area contributed by atoms with Crippen LogP contribution in [0.5, 0.6) is 0 Å². The predicted octanol–water partition coefficient (Wildman–Crippen LogP) is -20.7. The fourth-order valence-corrected chi connectivity index (χ4v) is 14.6. The zero-order valence-corrected chi connectivity index (χ0v) is 61.3. The molecule has 0 saturated carbocycles. The summed E-state index contributed by atoms with van der Waals surface area (Å²) in [6.07, 6.45) is -76.8. The molecule has 48 nitrogen and oxygen atoms in total. The standard InChI is InChI=1S/C64H120N8O40/c73-9-1-65-17-25-49-33(81)41(89)57(97-25)106-50-26(18-66-2-10-74)99-59(43(91)35(50)83)108-52-28(20-68-4-12-76)101-61(45(93)37(52)85)110-54-30(22-70-6-14-78)103-63(47(95)39(54)87)112-56-32(24-72-8-16-80)104-64(48(96)40(56)88)111-55-31(23-71-7-15-79)102-62(46(94)38(55)86)109-53-29(21-69-5-13-77)100-60(44(92)36(53)84)107-51-27(19-67-3-11-75)98-58(105-49)42(90)34(51)82/h25-96H,1-24H2/t25-,26-,27-,28-,29-,30-,31-,32-,33-,34-,35-,36-,37-,38-,39-,40-,41-,42-,43-,44-,45-,46-,47-,48-,49-,50-,51-,52-,53-,54-,55-,56-,57-,58-,59-,60-,61-,62-,63-,64-/m1/s1. The molecule has 30 aliphatic heterocycles. The highest BCUT2D eigenvalue weighted by Crippen LogP contribution is 2.40. The van der Waals surface area contributed by atoms with Gasteiger partial charge in [0, 0.05) is 105 Å². The molecule has 0 unspecified atom stereocenters. The first kappa shape index (κ1) is 93.9. The van der Waals surface area contributed by atoms with Gasteiger partial charge in [-0.2, -0.15) is 0 Å². The number of aliphatic hydroxyl groups is 24. The molecule has 112 heavy (non-hydrogen) atoms. The minimum absolute atomic E-state index is 0.109. The van der Waals surface area contributed by atoms with Gasteiger partial charge in [0.2, 0.25) is 0 Å². The summed E-state index contributed by atoms with van der Waals surface area (Å²) in [5, 5.41) is 294. The molecule has 656 valence electrons. The molecule has 30 rings (SSSR count). The molecule has 0 amide bonds. The van der Waals surface area contributed by atoms with Crippen LogP contribution in [-0.2, 0) is 75.8 Å². The topological polar surface area (TPSA) is 729 Å². The van der Waals surface area contributed by atoms with Gasteiger partial charge < -0.3 is 241 Å². The maximum atomic E-state index is 12.1. The van der Waals surface area contributed by atoms with Crippen LogP contribution in [0.1, 0.15) is 0 Å². The van der Waals surface area contributed by atoms with Gasteiger partial charge in [-0.15, -0.1) is 0 Å². The maximum absolute atomic E-state index is 12.1. The molecule has 0 aromatic rings. The minimum atomic E-state index is -2.19. The average Bonchev–Trinajstić information content (AvgIpc) is 0.771. The van der Waals surface area contributed by atoms with Crippen LogP contribution in [-0.4, -0.2) is 526 Å². The number of hydrogen-bond donors (Lipinski definition) is 32. The van der Waals surface area contributed by atoms with E-state index in [0.717, 1.165) is 0 Å². The van der Waals surface area contributed by atoms with Crippen LogP contribution in [0, 0.1) is 0 Å². The van der Waals surface area contributed by atoms with Crippen molar-refractivity contribution >= 4 is 0 Å². The Labute approximate surface area is 642 Å². The van der Waals surface area contributed by atoms with E-state index in [9.17, 15) is 123 Å². The van der Waals surface area contributed by atoms with Gasteiger partial charge in [-0.1, -0.05) is 0 Å². The van der Waals surface area contributed by atoms with Gasteiger partial charge in [-0.25, -0.2) is 0 Å². The number of nitrogens with one attached hydrogen (secondary N) is 8. The molecule has 0 radical (unpaired) electrons. The smallest absolute Gasteiger partial charge is 0.187 e. The van der Waals surface area contributed by atoms with Crippen molar-refractivity contribution in [2.75, 3.05) is 158 Å². The van der Waals surface area contributed by atoms with E-state index in [0.29, 0.717) is 0 Å². The molecule has 0 aromatic heterocycles. The van der Waals surface area contributed by atoms with E-state index in [2.05, 4.69) is 42.5 Å². The van der Waals surface area contributed by atoms with Crippen molar-refractivity contribution in [2.24, 2.45) is 0 Å². The maximum Gasteiger partial charge on any atom is 0.187 e. The third-order valence-corrected chi connectivity index (χ3v) is 20.5. The lowest BCUT2D eigenvalue weighted by atomic mass is 9.94. The van der Waals surface area contributed by atoms with Crippen molar-refractivity contribution in [2.45, 2.75) is 246 Å². The molecular weight excluding hydrogens is 1520 g/mol. The monoisotopic (exact) mass is 1640 g/mol. The predicted molar refractivity (Wildman–Crippen MR) is 364 cm³/mol. The second-order valence-corrected chi connectivity index (χ2v) is 28.4. The summed E-state index contributed by atoms with van der Waals surface area (Å²) in [6, 6.07) is 0. The van der Waals surface area contributed by atoms with Gasteiger partial charge in [-0.05, 0) is 0 Å². The Hall–Kier alpha value is -1.92. The van der Waals surface area contributed by atoms with Gasteiger partial charge >= 0.3 is 0 Å². The lowest BCUT2D eigenvalue weighted by molar-refractivity contribution is -0.399. The average molecular weight is 1640 g/mol. The first-order valence-electron chi connectivity index (χ1n) is 37.8. The molecule has 0 spiro atoms. The van der Waals surface area contributed by atoms with E-state index in [-0.39, 0.29) is 105 Å². The van der Waals surface area contributed by atoms with Gasteiger partial charge in [0.25, 0.3) is 0 Å². The summed E-state index contributed by atoms with van der Waals surface area (Å²) in [7, 11) is 0. The number of ether oxygens (including phenoxy) is 16. The van der Waals surface area contributed by atoms with Crippen LogP contribution >= 0.6 is 0 Å². The first-order chi connectivity index (χ1) is 53.9. The Morgan fingerprint density at radius 3 is 0.330 bits per heavy atom. The molecular formula is C64H120N8O40. The Morgan fingerprint density at radius 2 is 0.241 bits per heavy atom. The highest BCUT2D eigenvalue weighted by molar-refractivity contribution is 5.04. The highest BCUT2D eigenvalue weighted by Gasteiger charge is 2.61. The van der Waals surface area contributed by atoms with E-state index in [1.165, 1.54) is 0 Å². The zero-order valence-electron chi connectivity index (χ0n) is 61.3. The van der Waals surface area contributed by atoms with Crippen molar-refractivity contribution in [3.63, 3.8) is 0 Å². The lowest BCUT2D eigenvalue weighted by Crippen LogP contribution is -2.70. The van der Waals surface area contributed by atoms with Crippen LogP contribution < -0.4 is 42.5 Å². The van der Waals surface area contributed by atoms with E-state index in [1.54, 1.807) is 0 Å². The summed E-state index contributed by atoms with van der Waals surface area (Å²) in [5.74, 6) is 0. The molecule has 30 aliphatic rings. The summed E-state index contributed by atoms with van der Waals surface area (Å²) in [5.41, 5.74) is 0. The van der Waals surface area contributed by atoms with Gasteiger partial charge in [-0.3, -0.25) is 0 Å². The molecule has 30 saturated heterocycles. The van der Waals surface area contributed by atoms with Crippen LogP contribution in [0.25, 0.3) is 0 Å². The van der Waals surface area contributed by atoms with E-state index >= 15 is 0 Å². The van der Waals surface area contributed by atoms with E-state index < -0.39 is 299 Å². The van der Waals surface area contributed by atoms with Crippen molar-refractivity contribution in [1.29, 1.82) is 0 Å². The van der Waals surface area contributed by atoms with Crippen LogP contribution in [0.4, 0.5) is 0 Å². The summed E-state index contributed by atoms with van der Waals surface area (Å²) in [4.78, 5) is 0. The normalized spacial score (nSPS) is 46.1. The van der Waals surface area contributed by atoms with Crippen LogP contribution in [0.3, 0.4) is 0 Å². The van der Waals surface area contributed by atoms with Crippen molar-refractivity contribution < 1.29 is 198 Å². The molecule has 16 bridgehead atoms. The molecule has 48 heteroatoms. The van der Waals surface area contributed by atoms with E-state index in [4.69, 9.17) is 75.8 Å². The fraction of sp³-hybridized carbons (Fsp3) is 1.00. The van der Waals surface area contributed by atoms with Gasteiger partial charge in [0.1, 0.15) is 195 Å². The van der Waals surface area contributed by atoms with Crippen LogP contribution in [0.15, 0.2) is 0 Å². The molecule has 0 aliphatic carbocycles. The lowest BCUT2D eigenvalue weighted by Gasteiger charge is -2.51. The van der Waals surface area contributed by atoms with Crippen molar-refractivity contribution in [3.05, 3.63) is 0 Å². The summed E-state index contributed by atoms with van der Waals surface area (Å²) >= 11 is 0. The third kappa shape index (κ3) is 23.4. The molecule has 0 aromatic carbocycles. The highest BCUT2D eigenvalue weighted by atomic mass is 16.8. The number of aliphatic hydroxyl groups excluding tert-OH is 24. The fourth-order valence-electron chi connectivity index (χ4n) is 14.6. The van der Waals surface area contributed by atoms with Crippen molar-refractivity contribution in [3.8, 4) is 0 Å². The van der Waals surface area contributed by atoms with Crippen molar-refractivity contribution in [1.82, 2.24) is 42.5 Å². The summed E-state index contributed by atoms with van der Waals surface area (Å²) < 4.78 is 99.6. The van der Waals surface area contributed by atoms with Gasteiger partial charge in [0.05, 0.1) is 52.9 Å². The second-order valence-electron chi connectivity index (χ2n) is 28.4.